The number of rotatable bonds is 4. The van der Waals surface area contributed by atoms with E-state index in [9.17, 15) is 4.79 Å². The van der Waals surface area contributed by atoms with Gasteiger partial charge in [-0.15, -0.1) is 0 Å². The fourth-order valence-electron chi connectivity index (χ4n) is 2.99. The van der Waals surface area contributed by atoms with Gasteiger partial charge in [0, 0.05) is 33.3 Å². The minimum Gasteiger partial charge on any atom is -0.465 e. The SMILES string of the molecule is N#CC1(c2ncc(Br)cc2Cl)CC1.O=C(O)NCC1(c2ncc(Br)cc2Cl)CC1. The summed E-state index contributed by atoms with van der Waals surface area (Å²) in [6.07, 6.45) is 5.93. The molecule has 0 aromatic carbocycles. The standard InChI is InChI=1S/C10H10BrClN2O2.C9H6BrClN2/c11-6-3-7(12)8(13-4-6)10(1-2-10)5-14-9(15)16;10-6-3-7(11)8(13-4-6)9(5-12)1-2-9/h3-4,14H,1-2,5H2,(H,15,16);3-4H,1-2H2. The maximum Gasteiger partial charge on any atom is 0.404 e. The lowest BCUT2D eigenvalue weighted by molar-refractivity contribution is 0.193. The van der Waals surface area contributed by atoms with Gasteiger partial charge in [-0.2, -0.15) is 5.26 Å². The van der Waals surface area contributed by atoms with E-state index in [1.807, 2.05) is 0 Å². The van der Waals surface area contributed by atoms with E-state index in [2.05, 4.69) is 53.2 Å². The Kier molecular flexibility index (Phi) is 6.74. The molecule has 29 heavy (non-hydrogen) atoms. The van der Waals surface area contributed by atoms with Crippen LogP contribution < -0.4 is 5.32 Å². The molecule has 2 saturated carbocycles. The molecule has 2 aromatic heterocycles. The van der Waals surface area contributed by atoms with Crippen molar-refractivity contribution in [1.29, 1.82) is 5.26 Å². The van der Waals surface area contributed by atoms with E-state index in [-0.39, 0.29) is 5.41 Å². The van der Waals surface area contributed by atoms with Crippen molar-refractivity contribution in [3.05, 3.63) is 54.9 Å². The van der Waals surface area contributed by atoms with Gasteiger partial charge in [0.15, 0.2) is 0 Å². The zero-order valence-corrected chi connectivity index (χ0v) is 19.7. The van der Waals surface area contributed by atoms with Crippen LogP contribution in [0.4, 0.5) is 4.79 Å². The first-order valence-electron chi connectivity index (χ1n) is 8.72. The number of nitrogens with zero attached hydrogens (tertiary/aromatic N) is 3. The average molecular weight is 563 g/mol. The molecule has 2 fully saturated rings. The van der Waals surface area contributed by atoms with Crippen LogP contribution >= 0.6 is 55.1 Å². The molecule has 0 aliphatic heterocycles. The third-order valence-electron chi connectivity index (χ3n) is 4.97. The van der Waals surface area contributed by atoms with Crippen LogP contribution in [0.15, 0.2) is 33.5 Å². The third kappa shape index (κ3) is 5.21. The van der Waals surface area contributed by atoms with Crippen molar-refractivity contribution in [1.82, 2.24) is 15.3 Å². The second kappa shape index (κ2) is 8.76. The van der Waals surface area contributed by atoms with E-state index < -0.39 is 11.5 Å². The summed E-state index contributed by atoms with van der Waals surface area (Å²) >= 11 is 18.7. The van der Waals surface area contributed by atoms with Gasteiger partial charge in [-0.05, 0) is 69.7 Å². The molecular weight excluding hydrogens is 547 g/mol. The van der Waals surface area contributed by atoms with Gasteiger partial charge in [0.1, 0.15) is 5.41 Å². The second-order valence-electron chi connectivity index (χ2n) is 7.10. The number of hydrogen-bond acceptors (Lipinski definition) is 4. The number of carboxylic acid groups (broad SMARTS) is 1. The molecule has 4 rings (SSSR count). The van der Waals surface area contributed by atoms with Crippen molar-refractivity contribution in [2.75, 3.05) is 6.54 Å². The number of carbonyl (C=O) groups is 1. The van der Waals surface area contributed by atoms with E-state index in [0.29, 0.717) is 16.6 Å². The van der Waals surface area contributed by atoms with Crippen LogP contribution in [-0.4, -0.2) is 27.7 Å². The zero-order chi connectivity index (χ0) is 21.2. The van der Waals surface area contributed by atoms with Crippen LogP contribution in [-0.2, 0) is 10.8 Å². The smallest absolute Gasteiger partial charge is 0.404 e. The number of amides is 1. The molecule has 2 heterocycles. The molecule has 2 N–H and O–H groups in total. The summed E-state index contributed by atoms with van der Waals surface area (Å²) < 4.78 is 1.67. The van der Waals surface area contributed by atoms with Crippen LogP contribution in [0.25, 0.3) is 0 Å². The molecule has 2 aromatic rings. The highest BCUT2D eigenvalue weighted by Crippen LogP contribution is 2.50. The molecule has 10 heteroatoms. The lowest BCUT2D eigenvalue weighted by Crippen LogP contribution is -2.31. The van der Waals surface area contributed by atoms with E-state index in [1.165, 1.54) is 0 Å². The highest BCUT2D eigenvalue weighted by Gasteiger charge is 2.48. The van der Waals surface area contributed by atoms with Crippen LogP contribution in [0.5, 0.6) is 0 Å². The number of pyridine rings is 2. The average Bonchev–Trinajstić information content (AvgIpc) is 3.57. The molecule has 152 valence electrons. The Balaban J connectivity index is 0.000000169. The van der Waals surface area contributed by atoms with E-state index in [1.54, 1.807) is 24.5 Å². The Hall–Kier alpha value is -1.40. The van der Waals surface area contributed by atoms with Gasteiger partial charge in [0.2, 0.25) is 0 Å². The molecule has 2 aliphatic carbocycles. The molecule has 0 bridgehead atoms. The van der Waals surface area contributed by atoms with Gasteiger partial charge in [-0.3, -0.25) is 9.97 Å². The normalized spacial score (nSPS) is 17.3. The highest BCUT2D eigenvalue weighted by atomic mass is 79.9. The summed E-state index contributed by atoms with van der Waals surface area (Å²) in [6.45, 7) is 0.372. The topological polar surface area (TPSA) is 98.9 Å². The van der Waals surface area contributed by atoms with Crippen molar-refractivity contribution >= 4 is 61.2 Å². The second-order valence-corrected chi connectivity index (χ2v) is 9.75. The van der Waals surface area contributed by atoms with Gasteiger partial charge in [0.25, 0.3) is 0 Å². The maximum atomic E-state index is 10.5. The zero-order valence-electron chi connectivity index (χ0n) is 15.1. The van der Waals surface area contributed by atoms with Gasteiger partial charge in [-0.25, -0.2) is 4.79 Å². The Labute approximate surface area is 194 Å². The predicted octanol–water partition coefficient (Wildman–Crippen LogP) is 5.85. The van der Waals surface area contributed by atoms with Gasteiger partial charge < -0.3 is 10.4 Å². The van der Waals surface area contributed by atoms with Crippen molar-refractivity contribution in [3.63, 3.8) is 0 Å². The minimum absolute atomic E-state index is 0.198. The molecule has 1 amide bonds. The van der Waals surface area contributed by atoms with Crippen molar-refractivity contribution in [2.45, 2.75) is 36.5 Å². The van der Waals surface area contributed by atoms with Gasteiger partial charge in [-0.1, -0.05) is 23.2 Å². The number of nitrogens with one attached hydrogen (secondary N) is 1. The van der Waals surface area contributed by atoms with Crippen LogP contribution in [0, 0.1) is 11.3 Å². The van der Waals surface area contributed by atoms with Crippen molar-refractivity contribution in [2.24, 2.45) is 0 Å². The summed E-state index contributed by atoms with van der Waals surface area (Å²) in [6, 6.07) is 5.83. The van der Waals surface area contributed by atoms with Crippen LogP contribution in [0.3, 0.4) is 0 Å². The molecule has 0 saturated heterocycles. The Morgan fingerprint density at radius 2 is 1.62 bits per heavy atom. The van der Waals surface area contributed by atoms with Gasteiger partial charge in [0.05, 0.1) is 27.5 Å². The van der Waals surface area contributed by atoms with E-state index >= 15 is 0 Å². The lowest BCUT2D eigenvalue weighted by Gasteiger charge is -2.15. The molecule has 0 atom stereocenters. The minimum atomic E-state index is -1.01. The molecule has 0 radical (unpaired) electrons. The van der Waals surface area contributed by atoms with Crippen LogP contribution in [0.2, 0.25) is 10.0 Å². The van der Waals surface area contributed by atoms with Crippen molar-refractivity contribution in [3.8, 4) is 6.07 Å². The lowest BCUT2D eigenvalue weighted by atomic mass is 10.0. The van der Waals surface area contributed by atoms with Crippen molar-refractivity contribution < 1.29 is 9.90 Å². The first kappa shape index (κ1) is 22.3. The maximum absolute atomic E-state index is 10.5. The van der Waals surface area contributed by atoms with Crippen LogP contribution in [0.1, 0.15) is 37.1 Å². The Bertz CT molecular complexity index is 989. The monoisotopic (exact) mass is 560 g/mol. The molecule has 6 nitrogen and oxygen atoms in total. The third-order valence-corrected chi connectivity index (χ3v) is 6.41. The van der Waals surface area contributed by atoms with E-state index in [0.717, 1.165) is 46.0 Å². The largest absolute Gasteiger partial charge is 0.465 e. The fourth-order valence-corrected chi connectivity index (χ4v) is 4.63. The molecule has 0 spiro atoms. The molecule has 2 aliphatic rings. The fraction of sp³-hybridized carbons (Fsp3) is 0.368. The first-order valence-corrected chi connectivity index (χ1v) is 11.1. The summed E-state index contributed by atoms with van der Waals surface area (Å²) in [4.78, 5) is 18.9. The van der Waals surface area contributed by atoms with Gasteiger partial charge >= 0.3 is 6.09 Å². The molecule has 0 unspecified atom stereocenters. The number of aromatic nitrogens is 2. The summed E-state index contributed by atoms with van der Waals surface area (Å²) in [7, 11) is 0. The summed E-state index contributed by atoms with van der Waals surface area (Å²) in [5.74, 6) is 0. The number of hydrogen-bond donors (Lipinski definition) is 2. The molecular formula is C19H16Br2Cl2N4O2. The Morgan fingerprint density at radius 3 is 2.00 bits per heavy atom. The summed E-state index contributed by atoms with van der Waals surface area (Å²) in [5, 5.41) is 21.1. The summed E-state index contributed by atoms with van der Waals surface area (Å²) in [5.41, 5.74) is 0.916. The quantitative estimate of drug-likeness (QED) is 0.487. The number of nitriles is 1. The number of halogens is 4. The highest BCUT2D eigenvalue weighted by molar-refractivity contribution is 9.10. The van der Waals surface area contributed by atoms with E-state index in [4.69, 9.17) is 33.6 Å². The Morgan fingerprint density at radius 1 is 1.10 bits per heavy atom. The predicted molar refractivity (Wildman–Crippen MR) is 117 cm³/mol. The first-order chi connectivity index (χ1) is 13.7.